The van der Waals surface area contributed by atoms with E-state index in [4.69, 9.17) is 10.2 Å². The topological polar surface area (TPSA) is 163 Å². The van der Waals surface area contributed by atoms with Crippen LogP contribution in [0.1, 0.15) is 10.4 Å². The van der Waals surface area contributed by atoms with E-state index >= 15 is 0 Å². The van der Waals surface area contributed by atoms with Gasteiger partial charge in [-0.15, -0.1) is 0 Å². The highest BCUT2D eigenvalue weighted by Crippen LogP contribution is 2.14. The number of carbonyl (C=O) groups is 1. The molecule has 0 bridgehead atoms. The van der Waals surface area contributed by atoms with Crippen LogP contribution in [-0.4, -0.2) is 73.8 Å². The summed E-state index contributed by atoms with van der Waals surface area (Å²) in [5, 5.41) is 59.0. The van der Waals surface area contributed by atoms with Crippen molar-refractivity contribution in [3.05, 3.63) is 29.8 Å². The quantitative estimate of drug-likeness (QED) is 0.217. The van der Waals surface area contributed by atoms with Crippen molar-refractivity contribution >= 4 is 12.1 Å². The first kappa shape index (κ1) is 18.0. The number of hydrogen-bond donors (Lipinski definition) is 7. The molecule has 1 amide bonds. The summed E-state index contributed by atoms with van der Waals surface area (Å²) in [6.07, 6.45) is -6.20. The van der Waals surface area contributed by atoms with Gasteiger partial charge in [0.15, 0.2) is 0 Å². The maximum Gasteiger partial charge on any atom is 0.275 e. The minimum atomic E-state index is -1.81. The maximum atomic E-state index is 11.7. The first-order valence-corrected chi connectivity index (χ1v) is 6.33. The molecule has 1 aromatic carbocycles. The summed E-state index contributed by atoms with van der Waals surface area (Å²) in [5.74, 6) is -0.996. The van der Waals surface area contributed by atoms with Gasteiger partial charge in [-0.2, -0.15) is 5.10 Å². The number of rotatable bonds is 7. The van der Waals surface area contributed by atoms with E-state index in [9.17, 15) is 25.2 Å². The molecule has 0 fully saturated rings. The third-order valence-corrected chi connectivity index (χ3v) is 2.82. The lowest BCUT2D eigenvalue weighted by Crippen LogP contribution is -2.46. The predicted octanol–water partition coefficient (Wildman–Crippen LogP) is -2.46. The minimum Gasteiger partial charge on any atom is -0.507 e. The molecule has 9 heteroatoms. The normalized spacial score (nSPS) is 17.0. The van der Waals surface area contributed by atoms with Gasteiger partial charge in [0.05, 0.1) is 18.4 Å². The first-order valence-electron chi connectivity index (χ1n) is 6.33. The Kier molecular flexibility index (Phi) is 6.89. The summed E-state index contributed by atoms with van der Waals surface area (Å²) in [4.78, 5) is 11.7. The van der Waals surface area contributed by atoms with Crippen LogP contribution in [0.5, 0.6) is 5.75 Å². The fourth-order valence-electron chi connectivity index (χ4n) is 1.52. The molecule has 0 radical (unpaired) electrons. The zero-order chi connectivity index (χ0) is 16.7. The van der Waals surface area contributed by atoms with Gasteiger partial charge in [0.25, 0.3) is 5.91 Å². The summed E-state index contributed by atoms with van der Waals surface area (Å²) in [6, 6.07) is 5.73. The number of hydrazone groups is 1. The molecule has 0 aliphatic rings. The third kappa shape index (κ3) is 4.76. The summed E-state index contributed by atoms with van der Waals surface area (Å²) >= 11 is 0. The van der Waals surface area contributed by atoms with Gasteiger partial charge in [-0.25, -0.2) is 5.43 Å². The second kappa shape index (κ2) is 8.41. The van der Waals surface area contributed by atoms with E-state index in [1.54, 1.807) is 0 Å². The van der Waals surface area contributed by atoms with E-state index in [1.807, 2.05) is 5.43 Å². The van der Waals surface area contributed by atoms with Crippen LogP contribution >= 0.6 is 0 Å². The first-order chi connectivity index (χ1) is 10.4. The number of hydrogen-bond acceptors (Lipinski definition) is 8. The molecule has 0 saturated carbocycles. The van der Waals surface area contributed by atoms with Gasteiger partial charge in [-0.05, 0) is 12.1 Å². The minimum absolute atomic E-state index is 0.0366. The molecule has 0 spiro atoms. The number of benzene rings is 1. The van der Waals surface area contributed by atoms with Crippen LogP contribution in [0.4, 0.5) is 0 Å². The molecule has 4 atom stereocenters. The summed E-state index contributed by atoms with van der Waals surface area (Å²) < 4.78 is 0. The van der Waals surface area contributed by atoms with E-state index in [0.717, 1.165) is 6.21 Å². The molecule has 0 unspecified atom stereocenters. The van der Waals surface area contributed by atoms with E-state index in [-0.39, 0.29) is 11.3 Å². The Labute approximate surface area is 125 Å². The number of phenolic OH excluding ortho intramolecular Hbond substituents is 1. The monoisotopic (exact) mass is 314 g/mol. The lowest BCUT2D eigenvalue weighted by atomic mass is 10.0. The zero-order valence-electron chi connectivity index (χ0n) is 11.4. The largest absolute Gasteiger partial charge is 0.507 e. The predicted molar refractivity (Wildman–Crippen MR) is 75.2 cm³/mol. The van der Waals surface area contributed by atoms with E-state index < -0.39 is 36.9 Å². The standard InChI is InChI=1S/C13H18N2O7/c16-6-10(19)12(21)11(20)9(18)5-14-15-13(22)7-3-1-2-4-8(7)17/h1-5,9-12,16-21H,6H2,(H,15,22)/b14-5-/t9-,10-,11-,12-/m1/s1. The number of aromatic hydroxyl groups is 1. The molecule has 0 heterocycles. The Hall–Kier alpha value is -2.04. The van der Waals surface area contributed by atoms with Crippen molar-refractivity contribution in [1.82, 2.24) is 5.43 Å². The van der Waals surface area contributed by atoms with Crippen molar-refractivity contribution in [2.24, 2.45) is 5.10 Å². The second-order valence-corrected chi connectivity index (χ2v) is 4.46. The van der Waals surface area contributed by atoms with Gasteiger partial charge < -0.3 is 30.6 Å². The Morgan fingerprint density at radius 3 is 2.41 bits per heavy atom. The van der Waals surface area contributed by atoms with E-state index in [2.05, 4.69) is 5.10 Å². The highest BCUT2D eigenvalue weighted by Gasteiger charge is 2.29. The molecule has 0 aliphatic carbocycles. The third-order valence-electron chi connectivity index (χ3n) is 2.82. The van der Waals surface area contributed by atoms with Crippen LogP contribution in [0.2, 0.25) is 0 Å². The summed E-state index contributed by atoms with van der Waals surface area (Å²) in [5.41, 5.74) is 1.98. The second-order valence-electron chi connectivity index (χ2n) is 4.46. The highest BCUT2D eigenvalue weighted by atomic mass is 16.4. The number of aliphatic hydroxyl groups excluding tert-OH is 5. The van der Waals surface area contributed by atoms with Gasteiger partial charge in [0.2, 0.25) is 0 Å². The van der Waals surface area contributed by atoms with Crippen LogP contribution in [-0.2, 0) is 0 Å². The summed E-state index contributed by atoms with van der Waals surface area (Å²) in [7, 11) is 0. The Morgan fingerprint density at radius 1 is 1.18 bits per heavy atom. The molecule has 122 valence electrons. The Bertz CT molecular complexity index is 523. The van der Waals surface area contributed by atoms with Gasteiger partial charge >= 0.3 is 0 Å². The van der Waals surface area contributed by atoms with Crippen LogP contribution in [0.25, 0.3) is 0 Å². The highest BCUT2D eigenvalue weighted by molar-refractivity contribution is 5.96. The molecule has 1 aromatic rings. The molecule has 0 aliphatic heterocycles. The van der Waals surface area contributed by atoms with Crippen LogP contribution < -0.4 is 5.43 Å². The number of nitrogens with one attached hydrogen (secondary N) is 1. The number of amides is 1. The van der Waals surface area contributed by atoms with E-state index in [1.165, 1.54) is 24.3 Å². The molecular formula is C13H18N2O7. The average molecular weight is 314 g/mol. The summed E-state index contributed by atoms with van der Waals surface area (Å²) in [6.45, 7) is -0.799. The van der Waals surface area contributed by atoms with Crippen molar-refractivity contribution in [3.8, 4) is 5.75 Å². The SMILES string of the molecule is O=C(N/N=C\[C@@H](O)[C@@H](O)[C@H](O)[C@H](O)CO)c1ccccc1O. The molecule has 22 heavy (non-hydrogen) atoms. The molecule has 0 saturated heterocycles. The maximum absolute atomic E-state index is 11.7. The van der Waals surface area contributed by atoms with Crippen molar-refractivity contribution in [2.75, 3.05) is 6.61 Å². The van der Waals surface area contributed by atoms with Crippen molar-refractivity contribution in [3.63, 3.8) is 0 Å². The molecule has 1 rings (SSSR count). The lowest BCUT2D eigenvalue weighted by Gasteiger charge is -2.23. The fraction of sp³-hybridized carbons (Fsp3) is 0.385. The Balaban J connectivity index is 2.58. The Morgan fingerprint density at radius 2 is 1.82 bits per heavy atom. The van der Waals surface area contributed by atoms with Gasteiger partial charge in [0, 0.05) is 0 Å². The van der Waals surface area contributed by atoms with Gasteiger partial charge in [0.1, 0.15) is 30.2 Å². The number of para-hydroxylation sites is 1. The van der Waals surface area contributed by atoms with Gasteiger partial charge in [-0.3, -0.25) is 4.79 Å². The molecular weight excluding hydrogens is 296 g/mol. The van der Waals surface area contributed by atoms with Crippen molar-refractivity contribution in [1.29, 1.82) is 0 Å². The number of phenols is 1. The van der Waals surface area contributed by atoms with E-state index in [0.29, 0.717) is 0 Å². The lowest BCUT2D eigenvalue weighted by molar-refractivity contribution is -0.0999. The average Bonchev–Trinajstić information content (AvgIpc) is 2.52. The number of nitrogens with zero attached hydrogens (tertiary/aromatic N) is 1. The fourth-order valence-corrected chi connectivity index (χ4v) is 1.52. The van der Waals surface area contributed by atoms with Crippen LogP contribution in [0.15, 0.2) is 29.4 Å². The number of carbonyl (C=O) groups excluding carboxylic acids is 1. The van der Waals surface area contributed by atoms with Crippen molar-refractivity contribution < 1.29 is 35.4 Å². The molecule has 0 aromatic heterocycles. The zero-order valence-corrected chi connectivity index (χ0v) is 11.4. The van der Waals surface area contributed by atoms with Gasteiger partial charge in [-0.1, -0.05) is 12.1 Å². The molecule has 9 nitrogen and oxygen atoms in total. The smallest absolute Gasteiger partial charge is 0.275 e. The number of aliphatic hydroxyl groups is 5. The van der Waals surface area contributed by atoms with Crippen LogP contribution in [0.3, 0.4) is 0 Å². The van der Waals surface area contributed by atoms with Crippen molar-refractivity contribution in [2.45, 2.75) is 24.4 Å². The molecule has 7 N–H and O–H groups in total. The van der Waals surface area contributed by atoms with Crippen LogP contribution in [0, 0.1) is 0 Å².